The molecule has 1 aromatic carbocycles. The predicted octanol–water partition coefficient (Wildman–Crippen LogP) is 3.49. The Kier molecular flexibility index (Phi) is 5.20. The quantitative estimate of drug-likeness (QED) is 0.687. The molecule has 1 N–H and O–H groups in total. The standard InChI is InChI=1S/C20H21N5OS/c1-25-19(15-9-11-21-12-10-15)23-24-20(25)27-13-18(26)22-17-8-4-6-14-5-2-3-7-16(14)17/h4,6,8-12H,2-3,5,7,13H2,1H3,(H,22,26). The summed E-state index contributed by atoms with van der Waals surface area (Å²) in [6.45, 7) is 0. The molecule has 0 fully saturated rings. The molecule has 1 aliphatic rings. The number of nitrogens with one attached hydrogen (secondary N) is 1. The van der Waals surface area contributed by atoms with Crippen molar-refractivity contribution in [1.29, 1.82) is 0 Å². The minimum absolute atomic E-state index is 0.0209. The summed E-state index contributed by atoms with van der Waals surface area (Å²) in [6, 6.07) is 9.97. The molecular formula is C20H21N5OS. The molecule has 7 heteroatoms. The Morgan fingerprint density at radius 1 is 1.15 bits per heavy atom. The summed E-state index contributed by atoms with van der Waals surface area (Å²) >= 11 is 1.39. The third-order valence-electron chi connectivity index (χ3n) is 4.78. The first-order chi connectivity index (χ1) is 13.2. The van der Waals surface area contributed by atoms with Crippen molar-refractivity contribution in [2.24, 2.45) is 7.05 Å². The molecule has 4 rings (SSSR count). The maximum absolute atomic E-state index is 12.5. The Hall–Kier alpha value is -2.67. The Bertz CT molecular complexity index is 954. The van der Waals surface area contributed by atoms with Crippen LogP contribution in [0, 0.1) is 0 Å². The van der Waals surface area contributed by atoms with Crippen LogP contribution >= 0.6 is 11.8 Å². The van der Waals surface area contributed by atoms with Crippen molar-refractivity contribution in [3.8, 4) is 11.4 Å². The molecule has 0 radical (unpaired) electrons. The van der Waals surface area contributed by atoms with Crippen LogP contribution in [0.4, 0.5) is 5.69 Å². The number of aryl methyl sites for hydroxylation is 1. The second-order valence-corrected chi connectivity index (χ2v) is 7.53. The number of aromatic nitrogens is 4. The van der Waals surface area contributed by atoms with Gasteiger partial charge < -0.3 is 9.88 Å². The number of amides is 1. The van der Waals surface area contributed by atoms with Gasteiger partial charge in [-0.1, -0.05) is 23.9 Å². The van der Waals surface area contributed by atoms with E-state index in [-0.39, 0.29) is 5.91 Å². The van der Waals surface area contributed by atoms with Crippen molar-refractivity contribution in [3.05, 3.63) is 53.9 Å². The van der Waals surface area contributed by atoms with E-state index in [0.717, 1.165) is 29.9 Å². The van der Waals surface area contributed by atoms with E-state index in [1.165, 1.54) is 35.7 Å². The van der Waals surface area contributed by atoms with Gasteiger partial charge in [0.15, 0.2) is 11.0 Å². The lowest BCUT2D eigenvalue weighted by Crippen LogP contribution is -2.17. The molecule has 0 aliphatic heterocycles. The van der Waals surface area contributed by atoms with Crippen molar-refractivity contribution in [2.45, 2.75) is 30.8 Å². The zero-order valence-electron chi connectivity index (χ0n) is 15.2. The van der Waals surface area contributed by atoms with E-state index in [1.54, 1.807) is 12.4 Å². The number of anilines is 1. The van der Waals surface area contributed by atoms with Crippen LogP contribution in [0.5, 0.6) is 0 Å². The summed E-state index contributed by atoms with van der Waals surface area (Å²) < 4.78 is 1.90. The zero-order chi connectivity index (χ0) is 18.6. The van der Waals surface area contributed by atoms with Gasteiger partial charge in [0.1, 0.15) is 0 Å². The molecule has 6 nitrogen and oxygen atoms in total. The number of benzene rings is 1. The monoisotopic (exact) mass is 379 g/mol. The molecule has 2 aromatic heterocycles. The Morgan fingerprint density at radius 3 is 2.81 bits per heavy atom. The number of carbonyl (C=O) groups excluding carboxylic acids is 1. The number of nitrogens with zero attached hydrogens (tertiary/aromatic N) is 4. The van der Waals surface area contributed by atoms with Crippen LogP contribution in [0.1, 0.15) is 24.0 Å². The van der Waals surface area contributed by atoms with E-state index in [2.05, 4.69) is 26.6 Å². The summed E-state index contributed by atoms with van der Waals surface area (Å²) in [5, 5.41) is 12.2. The van der Waals surface area contributed by atoms with Gasteiger partial charge in [-0.2, -0.15) is 0 Å². The van der Waals surface area contributed by atoms with Gasteiger partial charge in [0.25, 0.3) is 0 Å². The molecule has 1 aliphatic carbocycles. The first-order valence-corrected chi connectivity index (χ1v) is 10.0. The number of hydrogen-bond donors (Lipinski definition) is 1. The highest BCUT2D eigenvalue weighted by Gasteiger charge is 2.16. The van der Waals surface area contributed by atoms with E-state index in [1.807, 2.05) is 35.9 Å². The van der Waals surface area contributed by atoms with Crippen molar-refractivity contribution >= 4 is 23.4 Å². The Labute approximate surface area is 162 Å². The van der Waals surface area contributed by atoms with Gasteiger partial charge in [-0.05, 0) is 55.0 Å². The summed E-state index contributed by atoms with van der Waals surface area (Å²) in [4.78, 5) is 16.5. The highest BCUT2D eigenvalue weighted by Crippen LogP contribution is 2.28. The molecule has 1 amide bonds. The first-order valence-electron chi connectivity index (χ1n) is 9.05. The number of carbonyl (C=O) groups is 1. The molecule has 3 aromatic rings. The number of rotatable bonds is 5. The molecule has 2 heterocycles. The van der Waals surface area contributed by atoms with Gasteiger partial charge in [-0.15, -0.1) is 10.2 Å². The summed E-state index contributed by atoms with van der Waals surface area (Å²) in [7, 11) is 1.91. The normalized spacial score (nSPS) is 13.2. The second kappa shape index (κ2) is 7.92. The van der Waals surface area contributed by atoms with Gasteiger partial charge in [0, 0.05) is 30.7 Å². The average molecular weight is 379 g/mol. The molecule has 0 bridgehead atoms. The fraction of sp³-hybridized carbons (Fsp3) is 0.300. The van der Waals surface area contributed by atoms with Crippen LogP contribution in [-0.4, -0.2) is 31.4 Å². The van der Waals surface area contributed by atoms with Crippen LogP contribution in [0.3, 0.4) is 0 Å². The van der Waals surface area contributed by atoms with Crippen molar-refractivity contribution < 1.29 is 4.79 Å². The molecule has 27 heavy (non-hydrogen) atoms. The summed E-state index contributed by atoms with van der Waals surface area (Å²) in [6.07, 6.45) is 8.01. The summed E-state index contributed by atoms with van der Waals surface area (Å²) in [5.41, 5.74) is 4.56. The molecule has 138 valence electrons. The molecule has 0 spiro atoms. The minimum atomic E-state index is -0.0209. The van der Waals surface area contributed by atoms with Crippen LogP contribution < -0.4 is 5.32 Å². The number of fused-ring (bicyclic) bond motifs is 1. The van der Waals surface area contributed by atoms with E-state index in [4.69, 9.17) is 0 Å². The van der Waals surface area contributed by atoms with Gasteiger partial charge >= 0.3 is 0 Å². The third kappa shape index (κ3) is 3.88. The van der Waals surface area contributed by atoms with Crippen molar-refractivity contribution in [1.82, 2.24) is 19.7 Å². The van der Waals surface area contributed by atoms with Crippen LogP contribution in [0.2, 0.25) is 0 Å². The highest BCUT2D eigenvalue weighted by molar-refractivity contribution is 7.99. The average Bonchev–Trinajstić information content (AvgIpc) is 3.08. The Morgan fingerprint density at radius 2 is 1.96 bits per heavy atom. The van der Waals surface area contributed by atoms with Crippen LogP contribution in [0.25, 0.3) is 11.4 Å². The number of pyridine rings is 1. The van der Waals surface area contributed by atoms with E-state index < -0.39 is 0 Å². The fourth-order valence-electron chi connectivity index (χ4n) is 3.41. The largest absolute Gasteiger partial charge is 0.325 e. The first kappa shape index (κ1) is 17.7. The van der Waals surface area contributed by atoms with Gasteiger partial charge in [-0.25, -0.2) is 0 Å². The molecule has 0 atom stereocenters. The third-order valence-corrected chi connectivity index (χ3v) is 5.80. The fourth-order valence-corrected chi connectivity index (χ4v) is 4.12. The lowest BCUT2D eigenvalue weighted by molar-refractivity contribution is -0.113. The lowest BCUT2D eigenvalue weighted by Gasteiger charge is -2.19. The zero-order valence-corrected chi connectivity index (χ0v) is 16.0. The predicted molar refractivity (Wildman–Crippen MR) is 107 cm³/mol. The molecular weight excluding hydrogens is 358 g/mol. The highest BCUT2D eigenvalue weighted by atomic mass is 32.2. The SMILES string of the molecule is Cn1c(SCC(=O)Nc2cccc3c2CCCC3)nnc1-c1ccncc1. The lowest BCUT2D eigenvalue weighted by atomic mass is 9.90. The smallest absolute Gasteiger partial charge is 0.234 e. The van der Waals surface area contributed by atoms with Crippen LogP contribution in [-0.2, 0) is 24.7 Å². The molecule has 0 unspecified atom stereocenters. The maximum Gasteiger partial charge on any atom is 0.234 e. The second-order valence-electron chi connectivity index (χ2n) is 6.59. The maximum atomic E-state index is 12.5. The minimum Gasteiger partial charge on any atom is -0.325 e. The van der Waals surface area contributed by atoms with Gasteiger partial charge in [0.05, 0.1) is 5.75 Å². The molecule has 0 saturated carbocycles. The summed E-state index contributed by atoms with van der Waals surface area (Å²) in [5.74, 6) is 1.04. The molecule has 0 saturated heterocycles. The van der Waals surface area contributed by atoms with Crippen molar-refractivity contribution in [2.75, 3.05) is 11.1 Å². The van der Waals surface area contributed by atoms with Gasteiger partial charge in [-0.3, -0.25) is 9.78 Å². The van der Waals surface area contributed by atoms with E-state index in [0.29, 0.717) is 10.9 Å². The number of thioether (sulfide) groups is 1. The van der Waals surface area contributed by atoms with Gasteiger partial charge in [0.2, 0.25) is 5.91 Å². The Balaban J connectivity index is 1.41. The van der Waals surface area contributed by atoms with E-state index in [9.17, 15) is 4.79 Å². The van der Waals surface area contributed by atoms with E-state index >= 15 is 0 Å². The van der Waals surface area contributed by atoms with Crippen LogP contribution in [0.15, 0.2) is 47.9 Å². The topological polar surface area (TPSA) is 72.7 Å². The number of hydrogen-bond acceptors (Lipinski definition) is 5. The van der Waals surface area contributed by atoms with Crippen molar-refractivity contribution in [3.63, 3.8) is 0 Å².